The van der Waals surface area contributed by atoms with Crippen molar-refractivity contribution < 1.29 is 9.53 Å². The first-order valence-electron chi connectivity index (χ1n) is 7.81. The molecular weight excluding hydrogens is 322 g/mol. The van der Waals surface area contributed by atoms with E-state index in [9.17, 15) is 9.59 Å². The number of benzene rings is 1. The van der Waals surface area contributed by atoms with E-state index in [-0.39, 0.29) is 11.5 Å². The summed E-state index contributed by atoms with van der Waals surface area (Å²) < 4.78 is 8.38. The van der Waals surface area contributed by atoms with Crippen LogP contribution in [0.5, 0.6) is 5.88 Å². The van der Waals surface area contributed by atoms with Crippen molar-refractivity contribution in [1.82, 2.24) is 24.6 Å². The molecule has 0 saturated heterocycles. The fourth-order valence-corrected chi connectivity index (χ4v) is 2.64. The highest BCUT2D eigenvalue weighted by Crippen LogP contribution is 2.25. The third kappa shape index (κ3) is 3.37. The average Bonchev–Trinajstić information content (AvgIpc) is 2.90. The number of nitrogens with one attached hydrogen (secondary N) is 1. The minimum absolute atomic E-state index is 0.135. The highest BCUT2D eigenvalue weighted by Gasteiger charge is 2.12. The van der Waals surface area contributed by atoms with Crippen LogP contribution in [0.25, 0.3) is 10.9 Å². The van der Waals surface area contributed by atoms with Gasteiger partial charge < -0.3 is 10.1 Å². The summed E-state index contributed by atoms with van der Waals surface area (Å²) in [4.78, 5) is 28.2. The number of carbonyl (C=O) groups is 1. The van der Waals surface area contributed by atoms with E-state index >= 15 is 0 Å². The Morgan fingerprint density at radius 2 is 2.12 bits per heavy atom. The summed E-state index contributed by atoms with van der Waals surface area (Å²) >= 11 is 0. The van der Waals surface area contributed by atoms with Gasteiger partial charge in [-0.1, -0.05) is 0 Å². The molecule has 0 aliphatic rings. The number of fused-ring (bicyclic) bond motifs is 1. The zero-order chi connectivity index (χ0) is 18.0. The van der Waals surface area contributed by atoms with Crippen molar-refractivity contribution in [2.75, 3.05) is 13.7 Å². The van der Waals surface area contributed by atoms with Crippen LogP contribution in [0.2, 0.25) is 0 Å². The van der Waals surface area contributed by atoms with E-state index in [4.69, 9.17) is 4.74 Å². The Kier molecular flexibility index (Phi) is 4.51. The number of carbonyl (C=O) groups excluding carboxylic acids is 1. The van der Waals surface area contributed by atoms with Crippen molar-refractivity contribution in [3.05, 3.63) is 52.2 Å². The molecule has 25 heavy (non-hydrogen) atoms. The van der Waals surface area contributed by atoms with E-state index in [1.54, 1.807) is 37.9 Å². The molecule has 8 nitrogen and oxygen atoms in total. The van der Waals surface area contributed by atoms with Gasteiger partial charge in [0.25, 0.3) is 11.5 Å². The number of aryl methyl sites for hydroxylation is 2. The molecule has 130 valence electrons. The van der Waals surface area contributed by atoms with Gasteiger partial charge in [0.05, 0.1) is 24.3 Å². The number of hydrogen-bond acceptors (Lipinski definition) is 5. The Bertz CT molecular complexity index is 990. The average molecular weight is 341 g/mol. The maximum Gasteiger partial charge on any atom is 0.253 e. The van der Waals surface area contributed by atoms with Gasteiger partial charge >= 0.3 is 0 Å². The van der Waals surface area contributed by atoms with Crippen molar-refractivity contribution in [2.24, 2.45) is 7.05 Å². The summed E-state index contributed by atoms with van der Waals surface area (Å²) in [5.41, 5.74) is 1.72. The summed E-state index contributed by atoms with van der Waals surface area (Å²) in [5, 5.41) is 7.98. The normalized spacial score (nSPS) is 10.8. The van der Waals surface area contributed by atoms with Crippen molar-refractivity contribution in [1.29, 1.82) is 0 Å². The molecule has 0 spiro atoms. The second kappa shape index (κ2) is 6.76. The van der Waals surface area contributed by atoms with Gasteiger partial charge in [0.1, 0.15) is 0 Å². The van der Waals surface area contributed by atoms with Gasteiger partial charge in [-0.05, 0) is 25.1 Å². The van der Waals surface area contributed by atoms with E-state index < -0.39 is 0 Å². The number of ether oxygens (including phenoxy) is 1. The molecule has 2 heterocycles. The van der Waals surface area contributed by atoms with E-state index in [0.29, 0.717) is 35.7 Å². The number of amides is 1. The van der Waals surface area contributed by atoms with Crippen LogP contribution in [0, 0.1) is 6.92 Å². The van der Waals surface area contributed by atoms with Crippen LogP contribution >= 0.6 is 0 Å². The smallest absolute Gasteiger partial charge is 0.253 e. The van der Waals surface area contributed by atoms with Crippen LogP contribution in [0.15, 0.2) is 35.4 Å². The summed E-state index contributed by atoms with van der Waals surface area (Å²) in [6.07, 6.45) is 1.48. The molecule has 0 atom stereocenters. The standard InChI is InChI=1S/C17H19N5O3/c1-11-8-15(23)22(10-19-11)7-6-18-16(24)12-4-5-13-14(9-12)20-21(2)17(13)25-3/h4-5,8-10H,6-7H2,1-3H3,(H,18,24). The molecule has 3 aromatic rings. The number of rotatable bonds is 5. The Balaban J connectivity index is 1.69. The molecule has 0 bridgehead atoms. The molecule has 1 amide bonds. The van der Waals surface area contributed by atoms with Crippen molar-refractivity contribution >= 4 is 16.8 Å². The molecule has 3 rings (SSSR count). The van der Waals surface area contributed by atoms with Gasteiger partial charge in [-0.3, -0.25) is 14.2 Å². The topological polar surface area (TPSA) is 91.0 Å². The first kappa shape index (κ1) is 16.7. The lowest BCUT2D eigenvalue weighted by Gasteiger charge is -2.07. The summed E-state index contributed by atoms with van der Waals surface area (Å²) in [6, 6.07) is 6.71. The molecule has 0 aliphatic heterocycles. The Hall–Kier alpha value is -3.16. The zero-order valence-electron chi connectivity index (χ0n) is 14.3. The summed E-state index contributed by atoms with van der Waals surface area (Å²) in [6.45, 7) is 2.45. The maximum atomic E-state index is 12.3. The molecule has 0 aliphatic carbocycles. The predicted molar refractivity (Wildman–Crippen MR) is 92.8 cm³/mol. The fourth-order valence-electron chi connectivity index (χ4n) is 2.64. The van der Waals surface area contributed by atoms with Crippen LogP contribution in [0.1, 0.15) is 16.1 Å². The lowest BCUT2D eigenvalue weighted by molar-refractivity contribution is 0.0952. The van der Waals surface area contributed by atoms with Crippen LogP contribution in [-0.2, 0) is 13.6 Å². The highest BCUT2D eigenvalue weighted by molar-refractivity contribution is 5.98. The summed E-state index contributed by atoms with van der Waals surface area (Å²) in [7, 11) is 3.37. The Labute approximate surface area is 144 Å². The van der Waals surface area contributed by atoms with E-state index in [1.807, 2.05) is 6.07 Å². The molecule has 0 saturated carbocycles. The molecule has 0 fully saturated rings. The SMILES string of the molecule is COc1c2ccc(C(=O)NCCn3cnc(C)cc3=O)cc2nn1C. The van der Waals surface area contributed by atoms with Crippen LogP contribution in [-0.4, -0.2) is 38.9 Å². The molecule has 0 unspecified atom stereocenters. The minimum atomic E-state index is -0.223. The largest absolute Gasteiger partial charge is 0.481 e. The lowest BCUT2D eigenvalue weighted by Crippen LogP contribution is -2.30. The number of nitrogens with zero attached hydrogens (tertiary/aromatic N) is 4. The highest BCUT2D eigenvalue weighted by atomic mass is 16.5. The number of hydrogen-bond donors (Lipinski definition) is 1. The maximum absolute atomic E-state index is 12.3. The van der Waals surface area contributed by atoms with E-state index in [0.717, 1.165) is 5.39 Å². The number of aromatic nitrogens is 4. The van der Waals surface area contributed by atoms with Gasteiger partial charge in [0, 0.05) is 37.5 Å². The molecule has 0 radical (unpaired) electrons. The van der Waals surface area contributed by atoms with Crippen molar-refractivity contribution in [2.45, 2.75) is 13.5 Å². The van der Waals surface area contributed by atoms with Crippen LogP contribution < -0.4 is 15.6 Å². The molecule has 2 aromatic heterocycles. The summed E-state index contributed by atoms with van der Waals surface area (Å²) in [5.74, 6) is 0.424. The molecule has 8 heteroatoms. The van der Waals surface area contributed by atoms with Crippen molar-refractivity contribution in [3.63, 3.8) is 0 Å². The van der Waals surface area contributed by atoms with Gasteiger partial charge in [0.2, 0.25) is 5.88 Å². The first-order chi connectivity index (χ1) is 12.0. The Morgan fingerprint density at radius 3 is 2.84 bits per heavy atom. The van der Waals surface area contributed by atoms with E-state index in [1.165, 1.54) is 17.0 Å². The quantitative estimate of drug-likeness (QED) is 0.744. The monoisotopic (exact) mass is 341 g/mol. The van der Waals surface area contributed by atoms with E-state index in [2.05, 4.69) is 15.4 Å². The van der Waals surface area contributed by atoms with Gasteiger partial charge in [-0.15, -0.1) is 0 Å². The third-order valence-electron chi connectivity index (χ3n) is 3.89. The predicted octanol–water partition coefficient (Wildman–Crippen LogP) is 0.877. The lowest BCUT2D eigenvalue weighted by atomic mass is 10.1. The molecule has 1 N–H and O–H groups in total. The van der Waals surface area contributed by atoms with Gasteiger partial charge in [-0.25, -0.2) is 9.67 Å². The molecular formula is C17H19N5O3. The second-order valence-corrected chi connectivity index (χ2v) is 5.68. The van der Waals surface area contributed by atoms with Crippen LogP contribution in [0.3, 0.4) is 0 Å². The second-order valence-electron chi connectivity index (χ2n) is 5.68. The zero-order valence-corrected chi connectivity index (χ0v) is 14.3. The Morgan fingerprint density at radius 1 is 1.32 bits per heavy atom. The fraction of sp³-hybridized carbons (Fsp3) is 0.294. The van der Waals surface area contributed by atoms with Crippen LogP contribution in [0.4, 0.5) is 0 Å². The third-order valence-corrected chi connectivity index (χ3v) is 3.89. The molecule has 1 aromatic carbocycles. The minimum Gasteiger partial charge on any atom is -0.481 e. The first-order valence-corrected chi connectivity index (χ1v) is 7.81. The van der Waals surface area contributed by atoms with Crippen molar-refractivity contribution in [3.8, 4) is 5.88 Å². The number of methoxy groups -OCH3 is 1. The van der Waals surface area contributed by atoms with Gasteiger partial charge in [-0.2, -0.15) is 5.10 Å². The van der Waals surface area contributed by atoms with Gasteiger partial charge in [0.15, 0.2) is 0 Å².